The number of ether oxygens (including phenoxy) is 1. The van der Waals surface area contributed by atoms with E-state index >= 15 is 0 Å². The van der Waals surface area contributed by atoms with Gasteiger partial charge in [-0.15, -0.1) is 0 Å². The summed E-state index contributed by atoms with van der Waals surface area (Å²) < 4.78 is 6.14. The minimum Gasteiger partial charge on any atom is -0.366 e. The summed E-state index contributed by atoms with van der Waals surface area (Å²) in [7, 11) is 1.95. The molecule has 1 N–H and O–H groups in total. The van der Waals surface area contributed by atoms with Gasteiger partial charge in [-0.3, -0.25) is 0 Å². The molecular weight excluding hydrogens is 250 g/mol. The van der Waals surface area contributed by atoms with Crippen molar-refractivity contribution in [2.24, 2.45) is 0 Å². The molecule has 2 heterocycles. The molecule has 1 aliphatic heterocycles. The molecule has 1 aromatic heterocycles. The molecular formula is C16H27N3O. The van der Waals surface area contributed by atoms with Crippen LogP contribution in [0.1, 0.15) is 38.8 Å². The third-order valence-corrected chi connectivity index (χ3v) is 3.48. The third kappa shape index (κ3) is 3.49. The van der Waals surface area contributed by atoms with Crippen LogP contribution in [0.3, 0.4) is 0 Å². The van der Waals surface area contributed by atoms with Crippen molar-refractivity contribution in [2.45, 2.75) is 52.4 Å². The molecule has 1 saturated heterocycles. The van der Waals surface area contributed by atoms with Gasteiger partial charge in [0, 0.05) is 25.8 Å². The number of nitrogens with one attached hydrogen (secondary N) is 1. The average Bonchev–Trinajstić information content (AvgIpc) is 2.25. The van der Waals surface area contributed by atoms with Crippen molar-refractivity contribution in [3.63, 3.8) is 0 Å². The molecule has 2 rings (SSSR count). The SMILES string of the molecule is CNCc1cnc(N2CC(C)(C)OC(C)(C)C2)c(C)c1. The maximum absolute atomic E-state index is 6.14. The van der Waals surface area contributed by atoms with Gasteiger partial charge in [0.2, 0.25) is 0 Å². The summed E-state index contributed by atoms with van der Waals surface area (Å²) in [6.07, 6.45) is 1.97. The number of hydrogen-bond acceptors (Lipinski definition) is 4. The minimum atomic E-state index is -0.153. The first kappa shape index (κ1) is 15.3. The number of aryl methyl sites for hydroxylation is 1. The lowest BCUT2D eigenvalue weighted by Gasteiger charge is -2.47. The van der Waals surface area contributed by atoms with Crippen molar-refractivity contribution in [3.8, 4) is 0 Å². The predicted molar refractivity (Wildman–Crippen MR) is 83.2 cm³/mol. The maximum atomic E-state index is 6.14. The highest BCUT2D eigenvalue weighted by Crippen LogP contribution is 2.31. The quantitative estimate of drug-likeness (QED) is 0.921. The Labute approximate surface area is 122 Å². The summed E-state index contributed by atoms with van der Waals surface area (Å²) in [5.74, 6) is 1.08. The van der Waals surface area contributed by atoms with E-state index in [9.17, 15) is 0 Å². The molecule has 1 aliphatic rings. The van der Waals surface area contributed by atoms with Crippen molar-refractivity contribution in [1.29, 1.82) is 0 Å². The van der Waals surface area contributed by atoms with Crippen molar-refractivity contribution in [2.75, 3.05) is 25.0 Å². The second kappa shape index (κ2) is 5.34. The van der Waals surface area contributed by atoms with E-state index in [1.165, 1.54) is 11.1 Å². The molecule has 0 amide bonds. The second-order valence-electron chi connectivity index (χ2n) is 6.99. The maximum Gasteiger partial charge on any atom is 0.131 e. The van der Waals surface area contributed by atoms with Crippen LogP contribution in [0.15, 0.2) is 12.3 Å². The predicted octanol–water partition coefficient (Wildman–Crippen LogP) is 2.50. The topological polar surface area (TPSA) is 37.4 Å². The van der Waals surface area contributed by atoms with E-state index in [0.29, 0.717) is 0 Å². The Morgan fingerprint density at radius 3 is 2.35 bits per heavy atom. The molecule has 0 aliphatic carbocycles. The molecule has 4 nitrogen and oxygen atoms in total. The normalized spacial score (nSPS) is 21.0. The zero-order valence-electron chi connectivity index (χ0n) is 13.6. The van der Waals surface area contributed by atoms with E-state index in [1.807, 2.05) is 13.2 Å². The van der Waals surface area contributed by atoms with Crippen LogP contribution >= 0.6 is 0 Å². The Hall–Kier alpha value is -1.13. The first-order valence-corrected chi connectivity index (χ1v) is 7.28. The van der Waals surface area contributed by atoms with E-state index < -0.39 is 0 Å². The van der Waals surface area contributed by atoms with Crippen molar-refractivity contribution in [1.82, 2.24) is 10.3 Å². The van der Waals surface area contributed by atoms with Crippen LogP contribution in [-0.4, -0.2) is 36.3 Å². The molecule has 20 heavy (non-hydrogen) atoms. The summed E-state index contributed by atoms with van der Waals surface area (Å²) in [4.78, 5) is 7.03. The smallest absolute Gasteiger partial charge is 0.131 e. The fourth-order valence-electron chi connectivity index (χ4n) is 3.20. The summed E-state index contributed by atoms with van der Waals surface area (Å²) in [5, 5.41) is 3.16. The number of pyridine rings is 1. The molecule has 0 spiro atoms. The highest BCUT2D eigenvalue weighted by molar-refractivity contribution is 5.48. The van der Waals surface area contributed by atoms with Crippen LogP contribution in [0.25, 0.3) is 0 Å². The van der Waals surface area contributed by atoms with Crippen LogP contribution in [-0.2, 0) is 11.3 Å². The Morgan fingerprint density at radius 1 is 1.25 bits per heavy atom. The number of rotatable bonds is 3. The van der Waals surface area contributed by atoms with Gasteiger partial charge >= 0.3 is 0 Å². The van der Waals surface area contributed by atoms with Crippen LogP contribution in [0, 0.1) is 6.92 Å². The average molecular weight is 277 g/mol. The van der Waals surface area contributed by atoms with Gasteiger partial charge in [0.05, 0.1) is 11.2 Å². The highest BCUT2D eigenvalue weighted by Gasteiger charge is 2.38. The molecule has 0 saturated carbocycles. The van der Waals surface area contributed by atoms with E-state index in [-0.39, 0.29) is 11.2 Å². The summed E-state index contributed by atoms with van der Waals surface area (Å²) in [5.41, 5.74) is 2.14. The van der Waals surface area contributed by atoms with Crippen molar-refractivity contribution < 1.29 is 4.74 Å². The molecule has 1 fully saturated rings. The standard InChI is InChI=1S/C16H27N3O/c1-12-7-13(8-17-6)9-18-14(12)19-10-15(2,3)20-16(4,5)11-19/h7,9,17H,8,10-11H2,1-6H3. The minimum absolute atomic E-state index is 0.153. The molecule has 0 bridgehead atoms. The first-order valence-electron chi connectivity index (χ1n) is 7.28. The Morgan fingerprint density at radius 2 is 1.85 bits per heavy atom. The second-order valence-corrected chi connectivity index (χ2v) is 6.99. The van der Waals surface area contributed by atoms with E-state index in [4.69, 9.17) is 4.74 Å². The lowest BCUT2D eigenvalue weighted by atomic mass is 9.98. The Balaban J connectivity index is 2.26. The van der Waals surface area contributed by atoms with Gasteiger partial charge in [-0.2, -0.15) is 0 Å². The summed E-state index contributed by atoms with van der Waals surface area (Å²) >= 11 is 0. The van der Waals surface area contributed by atoms with Gasteiger partial charge in [-0.25, -0.2) is 4.98 Å². The largest absolute Gasteiger partial charge is 0.366 e. The van der Waals surface area contributed by atoms with Crippen molar-refractivity contribution >= 4 is 5.82 Å². The van der Waals surface area contributed by atoms with Gasteiger partial charge in [0.1, 0.15) is 5.82 Å². The molecule has 0 radical (unpaired) electrons. The fraction of sp³-hybridized carbons (Fsp3) is 0.688. The number of anilines is 1. The van der Waals surface area contributed by atoms with E-state index in [1.54, 1.807) is 0 Å². The number of hydrogen-bond donors (Lipinski definition) is 1. The lowest BCUT2D eigenvalue weighted by Crippen LogP contribution is -2.57. The fourth-order valence-corrected chi connectivity index (χ4v) is 3.20. The molecule has 0 atom stereocenters. The summed E-state index contributed by atoms with van der Waals surface area (Å²) in [6.45, 7) is 13.3. The van der Waals surface area contributed by atoms with E-state index in [0.717, 1.165) is 25.5 Å². The monoisotopic (exact) mass is 277 g/mol. The summed E-state index contributed by atoms with van der Waals surface area (Å²) in [6, 6.07) is 2.22. The van der Waals surface area contributed by atoms with Gasteiger partial charge in [0.25, 0.3) is 0 Å². The number of nitrogens with zero attached hydrogens (tertiary/aromatic N) is 2. The lowest BCUT2D eigenvalue weighted by molar-refractivity contribution is -0.133. The van der Waals surface area contributed by atoms with Crippen LogP contribution in [0.2, 0.25) is 0 Å². The molecule has 0 unspecified atom stereocenters. The van der Waals surface area contributed by atoms with Crippen molar-refractivity contribution in [3.05, 3.63) is 23.4 Å². The zero-order chi connectivity index (χ0) is 15.0. The Kier molecular flexibility index (Phi) is 4.07. The van der Waals surface area contributed by atoms with E-state index in [2.05, 4.69) is 55.9 Å². The first-order chi connectivity index (χ1) is 9.22. The Bertz CT molecular complexity index is 467. The highest BCUT2D eigenvalue weighted by atomic mass is 16.5. The molecule has 1 aromatic rings. The van der Waals surface area contributed by atoms with Gasteiger partial charge < -0.3 is 15.0 Å². The number of morpholine rings is 1. The third-order valence-electron chi connectivity index (χ3n) is 3.48. The van der Waals surface area contributed by atoms with Crippen LogP contribution in [0.4, 0.5) is 5.82 Å². The van der Waals surface area contributed by atoms with Crippen LogP contribution in [0.5, 0.6) is 0 Å². The van der Waals surface area contributed by atoms with Gasteiger partial charge in [-0.05, 0) is 58.9 Å². The zero-order valence-corrected chi connectivity index (χ0v) is 13.6. The molecule has 4 heteroatoms. The van der Waals surface area contributed by atoms with Gasteiger partial charge in [0.15, 0.2) is 0 Å². The molecule has 0 aromatic carbocycles. The molecule has 112 valence electrons. The van der Waals surface area contributed by atoms with Gasteiger partial charge in [-0.1, -0.05) is 0 Å². The van der Waals surface area contributed by atoms with Crippen LogP contribution < -0.4 is 10.2 Å². The number of aromatic nitrogens is 1.